The van der Waals surface area contributed by atoms with E-state index in [9.17, 15) is 0 Å². The zero-order valence-electron chi connectivity index (χ0n) is 12.0. The quantitative estimate of drug-likeness (QED) is 0.789. The van der Waals surface area contributed by atoms with Crippen LogP contribution in [-0.4, -0.2) is 55.3 Å². The lowest BCUT2D eigenvalue weighted by Gasteiger charge is -2.32. The molecule has 2 aliphatic rings. The Kier molecular flexibility index (Phi) is 4.58. The molecule has 0 amide bonds. The predicted octanol–water partition coefficient (Wildman–Crippen LogP) is 2.20. The molecule has 5 heteroatoms. The van der Waals surface area contributed by atoms with Gasteiger partial charge in [-0.1, -0.05) is 22.0 Å². The molecule has 1 aromatic heterocycles. The summed E-state index contributed by atoms with van der Waals surface area (Å²) in [6, 6.07) is 2.90. The van der Waals surface area contributed by atoms with Gasteiger partial charge in [-0.3, -0.25) is 4.90 Å². The lowest BCUT2D eigenvalue weighted by molar-refractivity contribution is 0.0209. The van der Waals surface area contributed by atoms with E-state index in [2.05, 4.69) is 43.7 Å². The van der Waals surface area contributed by atoms with Crippen molar-refractivity contribution < 1.29 is 4.74 Å². The summed E-state index contributed by atoms with van der Waals surface area (Å²) in [5, 5.41) is 0.873. The number of pyridine rings is 1. The van der Waals surface area contributed by atoms with Crippen molar-refractivity contribution in [3.63, 3.8) is 0 Å². The monoisotopic (exact) mass is 339 g/mol. The van der Waals surface area contributed by atoms with E-state index in [0.29, 0.717) is 6.04 Å². The van der Waals surface area contributed by atoms with Crippen LogP contribution in [0.5, 0.6) is 0 Å². The number of ether oxygens (including phenoxy) is 1. The standard InChI is InChI=1S/C15H22BrN3O/c1-12-8-13(9-16)10-17-15(12)19-3-2-14(11-19)18-4-6-20-7-5-18/h8,10,14H,2-7,9,11H2,1H3. The number of aryl methyl sites for hydroxylation is 1. The van der Waals surface area contributed by atoms with Gasteiger partial charge in [0.25, 0.3) is 0 Å². The van der Waals surface area contributed by atoms with E-state index in [1.807, 2.05) is 6.20 Å². The van der Waals surface area contributed by atoms with Gasteiger partial charge in [-0.25, -0.2) is 4.98 Å². The molecule has 0 radical (unpaired) electrons. The van der Waals surface area contributed by atoms with Crippen molar-refractivity contribution >= 4 is 21.7 Å². The predicted molar refractivity (Wildman–Crippen MR) is 84.6 cm³/mol. The molecule has 0 saturated carbocycles. The second kappa shape index (κ2) is 6.41. The summed E-state index contributed by atoms with van der Waals surface area (Å²) < 4.78 is 5.44. The molecule has 0 aromatic carbocycles. The van der Waals surface area contributed by atoms with Crippen LogP contribution in [0.3, 0.4) is 0 Å². The third kappa shape index (κ3) is 3.00. The summed E-state index contributed by atoms with van der Waals surface area (Å²) in [7, 11) is 0. The Morgan fingerprint density at radius 2 is 2.15 bits per heavy atom. The molecule has 0 bridgehead atoms. The van der Waals surface area contributed by atoms with E-state index >= 15 is 0 Å². The molecular formula is C15H22BrN3O. The van der Waals surface area contributed by atoms with Crippen LogP contribution in [0.1, 0.15) is 17.5 Å². The first-order valence-corrected chi connectivity index (χ1v) is 8.48. The molecule has 2 fully saturated rings. The second-order valence-corrected chi connectivity index (χ2v) is 6.22. The molecule has 2 aliphatic heterocycles. The van der Waals surface area contributed by atoms with Crippen molar-refractivity contribution in [2.24, 2.45) is 0 Å². The first kappa shape index (κ1) is 14.3. The molecule has 0 N–H and O–H groups in total. The van der Waals surface area contributed by atoms with Crippen LogP contribution in [0.2, 0.25) is 0 Å². The molecule has 3 heterocycles. The molecule has 2 saturated heterocycles. The highest BCUT2D eigenvalue weighted by Crippen LogP contribution is 2.25. The van der Waals surface area contributed by atoms with Gasteiger partial charge < -0.3 is 9.64 Å². The number of aromatic nitrogens is 1. The van der Waals surface area contributed by atoms with Gasteiger partial charge in [-0.2, -0.15) is 0 Å². The van der Waals surface area contributed by atoms with E-state index < -0.39 is 0 Å². The van der Waals surface area contributed by atoms with Gasteiger partial charge in [-0.05, 0) is 24.5 Å². The molecule has 4 nitrogen and oxygen atoms in total. The molecule has 1 aromatic rings. The second-order valence-electron chi connectivity index (χ2n) is 5.65. The van der Waals surface area contributed by atoms with Gasteiger partial charge >= 0.3 is 0 Å². The molecule has 0 aliphatic carbocycles. The average molecular weight is 340 g/mol. The van der Waals surface area contributed by atoms with Crippen LogP contribution in [-0.2, 0) is 10.1 Å². The topological polar surface area (TPSA) is 28.6 Å². The Labute approximate surface area is 129 Å². The zero-order valence-corrected chi connectivity index (χ0v) is 13.6. The largest absolute Gasteiger partial charge is 0.379 e. The van der Waals surface area contributed by atoms with Crippen molar-refractivity contribution in [3.8, 4) is 0 Å². The Balaban J connectivity index is 1.67. The van der Waals surface area contributed by atoms with Crippen molar-refractivity contribution in [2.75, 3.05) is 44.3 Å². The Bertz CT molecular complexity index is 462. The molecule has 1 atom stereocenters. The fraction of sp³-hybridized carbons (Fsp3) is 0.667. The molecule has 0 spiro atoms. The van der Waals surface area contributed by atoms with Gasteiger partial charge in [0.1, 0.15) is 5.82 Å². The van der Waals surface area contributed by atoms with Gasteiger partial charge in [0.15, 0.2) is 0 Å². The number of nitrogens with zero attached hydrogens (tertiary/aromatic N) is 3. The minimum absolute atomic E-state index is 0.663. The van der Waals surface area contributed by atoms with E-state index in [0.717, 1.165) is 50.5 Å². The summed E-state index contributed by atoms with van der Waals surface area (Å²) >= 11 is 3.49. The Hall–Kier alpha value is -0.650. The van der Waals surface area contributed by atoms with Gasteiger partial charge in [-0.15, -0.1) is 0 Å². The maximum atomic E-state index is 5.44. The van der Waals surface area contributed by atoms with Crippen LogP contribution >= 0.6 is 15.9 Å². The third-order valence-electron chi connectivity index (χ3n) is 4.29. The summed E-state index contributed by atoms with van der Waals surface area (Å²) in [4.78, 5) is 9.68. The zero-order chi connectivity index (χ0) is 13.9. The minimum atomic E-state index is 0.663. The number of hydrogen-bond acceptors (Lipinski definition) is 4. The number of alkyl halides is 1. The van der Waals surface area contributed by atoms with Crippen LogP contribution < -0.4 is 4.90 Å². The normalized spacial score (nSPS) is 24.3. The van der Waals surface area contributed by atoms with E-state index in [4.69, 9.17) is 4.74 Å². The minimum Gasteiger partial charge on any atom is -0.379 e. The first-order valence-electron chi connectivity index (χ1n) is 7.36. The Morgan fingerprint density at radius 3 is 2.85 bits per heavy atom. The van der Waals surface area contributed by atoms with E-state index in [-0.39, 0.29) is 0 Å². The highest BCUT2D eigenvalue weighted by molar-refractivity contribution is 9.08. The molecular weight excluding hydrogens is 318 g/mol. The van der Waals surface area contributed by atoms with Crippen molar-refractivity contribution in [2.45, 2.75) is 24.7 Å². The summed E-state index contributed by atoms with van der Waals surface area (Å²) in [6.45, 7) is 8.30. The fourth-order valence-electron chi connectivity index (χ4n) is 3.20. The Morgan fingerprint density at radius 1 is 1.35 bits per heavy atom. The van der Waals surface area contributed by atoms with Crippen molar-refractivity contribution in [1.29, 1.82) is 0 Å². The number of anilines is 1. The lowest BCUT2D eigenvalue weighted by Crippen LogP contribution is -2.44. The molecule has 20 heavy (non-hydrogen) atoms. The number of hydrogen-bond donors (Lipinski definition) is 0. The van der Waals surface area contributed by atoms with Crippen LogP contribution in [0.4, 0.5) is 5.82 Å². The molecule has 1 unspecified atom stereocenters. The third-order valence-corrected chi connectivity index (χ3v) is 4.93. The SMILES string of the molecule is Cc1cc(CBr)cnc1N1CCC(N2CCOCC2)C1. The van der Waals surface area contributed by atoms with Crippen molar-refractivity contribution in [3.05, 3.63) is 23.4 Å². The number of morpholine rings is 1. The van der Waals surface area contributed by atoms with Gasteiger partial charge in [0.2, 0.25) is 0 Å². The fourth-order valence-corrected chi connectivity index (χ4v) is 3.51. The average Bonchev–Trinajstić information content (AvgIpc) is 2.97. The van der Waals surface area contributed by atoms with Crippen LogP contribution in [0.25, 0.3) is 0 Å². The highest BCUT2D eigenvalue weighted by Gasteiger charge is 2.29. The molecule has 3 rings (SSSR count). The first-order chi connectivity index (χ1) is 9.78. The maximum absolute atomic E-state index is 5.44. The number of rotatable bonds is 3. The number of halogens is 1. The summed E-state index contributed by atoms with van der Waals surface area (Å²) in [6.07, 6.45) is 3.22. The van der Waals surface area contributed by atoms with E-state index in [1.54, 1.807) is 0 Å². The van der Waals surface area contributed by atoms with Crippen molar-refractivity contribution in [1.82, 2.24) is 9.88 Å². The smallest absolute Gasteiger partial charge is 0.131 e. The lowest BCUT2D eigenvalue weighted by atomic mass is 10.2. The highest BCUT2D eigenvalue weighted by atomic mass is 79.9. The maximum Gasteiger partial charge on any atom is 0.131 e. The van der Waals surface area contributed by atoms with E-state index in [1.165, 1.54) is 17.5 Å². The van der Waals surface area contributed by atoms with Gasteiger partial charge in [0.05, 0.1) is 13.2 Å². The summed E-state index contributed by atoms with van der Waals surface area (Å²) in [5.41, 5.74) is 2.53. The summed E-state index contributed by atoms with van der Waals surface area (Å²) in [5.74, 6) is 1.16. The van der Waals surface area contributed by atoms with Gasteiger partial charge in [0, 0.05) is 43.7 Å². The van der Waals surface area contributed by atoms with Crippen LogP contribution in [0, 0.1) is 6.92 Å². The molecule has 110 valence electrons. The van der Waals surface area contributed by atoms with Crippen LogP contribution in [0.15, 0.2) is 12.3 Å².